The molecule has 0 aromatic heterocycles. The largest absolute Gasteiger partial charge is 0.383 e. The molecule has 0 unspecified atom stereocenters. The van der Waals surface area contributed by atoms with Gasteiger partial charge in [-0.25, -0.2) is 8.42 Å². The van der Waals surface area contributed by atoms with Crippen LogP contribution in [0.25, 0.3) is 0 Å². The summed E-state index contributed by atoms with van der Waals surface area (Å²) in [6.45, 7) is 4.36. The highest BCUT2D eigenvalue weighted by Crippen LogP contribution is 2.27. The molecular weight excluding hydrogens is 366 g/mol. The fourth-order valence-electron chi connectivity index (χ4n) is 1.80. The van der Waals surface area contributed by atoms with Crippen LogP contribution in [0, 0.1) is 0 Å². The maximum atomic E-state index is 12.7. The number of alkyl halides is 1. The minimum atomic E-state index is -3.56. The first-order valence-corrected chi connectivity index (χ1v) is 8.96. The van der Waals surface area contributed by atoms with E-state index in [1.54, 1.807) is 25.3 Å². The van der Waals surface area contributed by atoms with Gasteiger partial charge in [-0.15, -0.1) is 11.6 Å². The summed E-state index contributed by atoms with van der Waals surface area (Å²) in [5, 5.41) is 0. The number of hydrogen-bond donors (Lipinski definition) is 0. The van der Waals surface area contributed by atoms with Crippen molar-refractivity contribution in [1.29, 1.82) is 0 Å². The predicted octanol–water partition coefficient (Wildman–Crippen LogP) is 3.23. The summed E-state index contributed by atoms with van der Waals surface area (Å²) in [7, 11) is -2.01. The molecular formula is C13H19BrClNO3S. The van der Waals surface area contributed by atoms with Gasteiger partial charge in [-0.05, 0) is 47.5 Å². The van der Waals surface area contributed by atoms with E-state index in [0.717, 1.165) is 5.56 Å². The molecule has 1 rings (SSSR count). The van der Waals surface area contributed by atoms with E-state index in [2.05, 4.69) is 15.9 Å². The lowest BCUT2D eigenvalue weighted by Gasteiger charge is -2.26. The van der Waals surface area contributed by atoms with E-state index in [0.29, 0.717) is 23.5 Å². The third-order valence-corrected chi connectivity index (χ3v) is 6.19. The Bertz CT molecular complexity index is 549. The number of halogens is 2. The van der Waals surface area contributed by atoms with Crippen molar-refractivity contribution in [2.45, 2.75) is 30.7 Å². The topological polar surface area (TPSA) is 46.6 Å². The Labute approximate surface area is 134 Å². The van der Waals surface area contributed by atoms with Crippen LogP contribution in [-0.4, -0.2) is 39.0 Å². The van der Waals surface area contributed by atoms with E-state index in [1.165, 1.54) is 4.31 Å². The summed E-state index contributed by atoms with van der Waals surface area (Å²) >= 11 is 9.06. The molecule has 7 heteroatoms. The van der Waals surface area contributed by atoms with Crippen molar-refractivity contribution >= 4 is 37.6 Å². The molecule has 0 aliphatic rings. The molecule has 0 amide bonds. The van der Waals surface area contributed by atoms with E-state index in [-0.39, 0.29) is 10.9 Å². The molecule has 0 fully saturated rings. The average Bonchev–Trinajstić information content (AvgIpc) is 2.37. The Morgan fingerprint density at radius 2 is 2.05 bits per heavy atom. The van der Waals surface area contributed by atoms with E-state index < -0.39 is 10.0 Å². The number of ether oxygens (including phenoxy) is 1. The number of hydrogen-bond acceptors (Lipinski definition) is 3. The number of methoxy groups -OCH3 is 1. The molecule has 0 heterocycles. The fourth-order valence-corrected chi connectivity index (χ4v) is 4.67. The number of sulfonamides is 1. The van der Waals surface area contributed by atoms with E-state index in [9.17, 15) is 8.42 Å². The summed E-state index contributed by atoms with van der Waals surface area (Å²) < 4.78 is 32.4. The summed E-state index contributed by atoms with van der Waals surface area (Å²) in [4.78, 5) is 0.246. The number of benzene rings is 1. The highest BCUT2D eigenvalue weighted by molar-refractivity contribution is 9.10. The lowest BCUT2D eigenvalue weighted by Crippen LogP contribution is -2.39. The van der Waals surface area contributed by atoms with Gasteiger partial charge in [-0.3, -0.25) is 0 Å². The Morgan fingerprint density at radius 1 is 1.40 bits per heavy atom. The highest BCUT2D eigenvalue weighted by atomic mass is 79.9. The molecule has 20 heavy (non-hydrogen) atoms. The second-order valence-electron chi connectivity index (χ2n) is 4.60. The van der Waals surface area contributed by atoms with Gasteiger partial charge in [0.05, 0.1) is 11.5 Å². The first-order chi connectivity index (χ1) is 9.34. The third kappa shape index (κ3) is 4.18. The van der Waals surface area contributed by atoms with Gasteiger partial charge in [-0.2, -0.15) is 4.31 Å². The molecule has 114 valence electrons. The smallest absolute Gasteiger partial charge is 0.244 e. The monoisotopic (exact) mass is 383 g/mol. The van der Waals surface area contributed by atoms with Crippen molar-refractivity contribution in [2.75, 3.05) is 20.3 Å². The Balaban J connectivity index is 3.19. The summed E-state index contributed by atoms with van der Waals surface area (Å²) in [5.74, 6) is 0.344. The zero-order chi connectivity index (χ0) is 15.3. The van der Waals surface area contributed by atoms with Crippen molar-refractivity contribution in [3.05, 3.63) is 28.2 Å². The van der Waals surface area contributed by atoms with Gasteiger partial charge in [0.15, 0.2) is 0 Å². The van der Waals surface area contributed by atoms with Gasteiger partial charge in [0.25, 0.3) is 0 Å². The Morgan fingerprint density at radius 3 is 2.50 bits per heavy atom. The standard InChI is InChI=1S/C13H19BrClNO3S/c1-10(2)16(6-7-19-3)20(17,18)13-5-4-11(9-15)8-12(13)14/h4-5,8,10H,6-7,9H2,1-3H3. The molecule has 0 N–H and O–H groups in total. The van der Waals surface area contributed by atoms with Crippen molar-refractivity contribution in [3.8, 4) is 0 Å². The molecule has 1 aromatic rings. The first kappa shape index (κ1) is 17.9. The highest BCUT2D eigenvalue weighted by Gasteiger charge is 2.28. The van der Waals surface area contributed by atoms with Crippen molar-refractivity contribution in [3.63, 3.8) is 0 Å². The maximum absolute atomic E-state index is 12.7. The molecule has 0 aliphatic heterocycles. The second kappa shape index (κ2) is 7.75. The second-order valence-corrected chi connectivity index (χ2v) is 7.58. The molecule has 0 saturated carbocycles. The predicted molar refractivity (Wildman–Crippen MR) is 84.6 cm³/mol. The maximum Gasteiger partial charge on any atom is 0.244 e. The van der Waals surface area contributed by atoms with Crippen LogP contribution in [0.4, 0.5) is 0 Å². The van der Waals surface area contributed by atoms with Crippen LogP contribution in [0.2, 0.25) is 0 Å². The van der Waals surface area contributed by atoms with Gasteiger partial charge in [0, 0.05) is 30.0 Å². The van der Waals surface area contributed by atoms with E-state index in [1.807, 2.05) is 13.8 Å². The van der Waals surface area contributed by atoms with Crippen LogP contribution in [0.1, 0.15) is 19.4 Å². The molecule has 0 bridgehead atoms. The zero-order valence-electron chi connectivity index (χ0n) is 11.8. The minimum Gasteiger partial charge on any atom is -0.383 e. The van der Waals surface area contributed by atoms with Crippen molar-refractivity contribution in [1.82, 2.24) is 4.31 Å². The van der Waals surface area contributed by atoms with Gasteiger partial charge in [0.2, 0.25) is 10.0 Å². The van der Waals surface area contributed by atoms with Crippen molar-refractivity contribution in [2.24, 2.45) is 0 Å². The number of nitrogens with zero attached hydrogens (tertiary/aromatic N) is 1. The third-order valence-electron chi connectivity index (χ3n) is 2.83. The zero-order valence-corrected chi connectivity index (χ0v) is 14.9. The van der Waals surface area contributed by atoms with Crippen LogP contribution >= 0.6 is 27.5 Å². The van der Waals surface area contributed by atoms with Gasteiger partial charge in [-0.1, -0.05) is 6.07 Å². The SMILES string of the molecule is COCCN(C(C)C)S(=O)(=O)c1ccc(CCl)cc1Br. The lowest BCUT2D eigenvalue weighted by molar-refractivity contribution is 0.171. The van der Waals surface area contributed by atoms with Gasteiger partial charge in [0.1, 0.15) is 0 Å². The molecule has 0 saturated heterocycles. The Kier molecular flexibility index (Phi) is 6.94. The average molecular weight is 385 g/mol. The lowest BCUT2D eigenvalue weighted by atomic mass is 10.2. The van der Waals surface area contributed by atoms with Crippen LogP contribution in [0.5, 0.6) is 0 Å². The minimum absolute atomic E-state index is 0.144. The normalized spacial score (nSPS) is 12.3. The van der Waals surface area contributed by atoms with E-state index >= 15 is 0 Å². The summed E-state index contributed by atoms with van der Waals surface area (Å²) in [6, 6.07) is 4.89. The van der Waals surface area contributed by atoms with Crippen LogP contribution in [-0.2, 0) is 20.6 Å². The van der Waals surface area contributed by atoms with Crippen molar-refractivity contribution < 1.29 is 13.2 Å². The molecule has 0 aliphatic carbocycles. The molecule has 4 nitrogen and oxygen atoms in total. The van der Waals surface area contributed by atoms with Crippen LogP contribution in [0.15, 0.2) is 27.6 Å². The van der Waals surface area contributed by atoms with E-state index in [4.69, 9.17) is 16.3 Å². The summed E-state index contributed by atoms with van der Waals surface area (Å²) in [6.07, 6.45) is 0. The quantitative estimate of drug-likeness (QED) is 0.678. The molecule has 0 spiro atoms. The molecule has 0 radical (unpaired) electrons. The van der Waals surface area contributed by atoms with Gasteiger partial charge < -0.3 is 4.74 Å². The number of rotatable bonds is 7. The van der Waals surface area contributed by atoms with Crippen LogP contribution < -0.4 is 0 Å². The fraction of sp³-hybridized carbons (Fsp3) is 0.538. The summed E-state index contributed by atoms with van der Waals surface area (Å²) in [5.41, 5.74) is 0.866. The van der Waals surface area contributed by atoms with Crippen LogP contribution in [0.3, 0.4) is 0 Å². The first-order valence-electron chi connectivity index (χ1n) is 6.19. The Hall–Kier alpha value is -0.140. The van der Waals surface area contributed by atoms with Gasteiger partial charge >= 0.3 is 0 Å². The molecule has 0 atom stereocenters. The molecule has 1 aromatic carbocycles.